The van der Waals surface area contributed by atoms with Crippen LogP contribution in [0, 0.1) is 15.9 Å². The number of nitro benzene ring substituents is 1. The van der Waals surface area contributed by atoms with E-state index >= 15 is 0 Å². The maximum atomic E-state index is 13.9. The van der Waals surface area contributed by atoms with Crippen LogP contribution in [-0.2, 0) is 10.0 Å². The summed E-state index contributed by atoms with van der Waals surface area (Å²) in [6.45, 7) is 0. The predicted octanol–water partition coefficient (Wildman–Crippen LogP) is 1.67. The van der Waals surface area contributed by atoms with E-state index in [1.54, 1.807) is 4.72 Å². The average Bonchev–Trinajstić information content (AvgIpc) is 2.98. The van der Waals surface area contributed by atoms with E-state index in [1.165, 1.54) is 5.38 Å². The highest BCUT2D eigenvalue weighted by Crippen LogP contribution is 2.29. The Balaban J connectivity index is 2.35. The van der Waals surface area contributed by atoms with Crippen LogP contribution in [0.5, 0.6) is 0 Å². The fraction of sp³-hybridized carbons (Fsp3) is 0. The molecule has 0 aliphatic heterocycles. The Hall–Kier alpha value is -2.57. The van der Waals surface area contributed by atoms with Crippen molar-refractivity contribution in [2.45, 2.75) is 4.90 Å². The Morgan fingerprint density at radius 3 is 2.48 bits per heavy atom. The molecule has 2 rings (SSSR count). The molecule has 0 saturated carbocycles. The van der Waals surface area contributed by atoms with Crippen molar-refractivity contribution in [3.63, 3.8) is 0 Å². The molecule has 1 heterocycles. The van der Waals surface area contributed by atoms with Crippen molar-refractivity contribution < 1.29 is 27.3 Å². The quantitative estimate of drug-likeness (QED) is 0.568. The molecule has 0 atom stereocenters. The number of halogens is 2. The lowest BCUT2D eigenvalue weighted by atomic mass is 10.3. The molecule has 0 saturated heterocycles. The molecule has 0 fully saturated rings. The average molecular weight is 408 g/mol. The van der Waals surface area contributed by atoms with E-state index in [0.29, 0.717) is 12.1 Å². The number of benzene rings is 1. The maximum Gasteiger partial charge on any atom is 0.290 e. The third-order valence-electron chi connectivity index (χ3n) is 2.82. The van der Waals surface area contributed by atoms with Gasteiger partial charge in [-0.15, -0.1) is 11.3 Å². The number of nitro groups is 1. The van der Waals surface area contributed by atoms with Crippen molar-refractivity contribution in [3.05, 3.63) is 55.0 Å². The molecule has 0 radical (unpaired) electrons. The molecule has 1 aromatic carbocycles. The van der Waals surface area contributed by atoms with Gasteiger partial charge in [0, 0.05) is 5.38 Å². The molecule has 0 aliphatic rings. The Morgan fingerprint density at radius 1 is 1.32 bits per heavy atom. The number of carbonyl (C=O) groups is 2. The number of nitrogens with one attached hydrogen (secondary N) is 1. The van der Waals surface area contributed by atoms with Gasteiger partial charge < -0.3 is 5.73 Å². The fourth-order valence-electron chi connectivity index (χ4n) is 1.68. The van der Waals surface area contributed by atoms with Crippen molar-refractivity contribution in [1.29, 1.82) is 0 Å². The van der Waals surface area contributed by atoms with E-state index in [0.717, 1.165) is 17.4 Å². The Kier molecular flexibility index (Phi) is 5.06. The molecular formula is C12H7ClFN3O6S2. The van der Waals surface area contributed by atoms with Crippen molar-refractivity contribution in [2.24, 2.45) is 5.73 Å². The number of carbonyl (C=O) groups excluding carboxylic acids is 2. The largest absolute Gasteiger partial charge is 0.366 e. The van der Waals surface area contributed by atoms with E-state index in [1.807, 2.05) is 0 Å². The lowest BCUT2D eigenvalue weighted by Crippen LogP contribution is -2.30. The topological polar surface area (TPSA) is 149 Å². The van der Waals surface area contributed by atoms with E-state index in [9.17, 15) is 32.5 Å². The third kappa shape index (κ3) is 3.92. The first-order valence-corrected chi connectivity index (χ1v) is 8.86. The molecule has 1 aromatic heterocycles. The first-order chi connectivity index (χ1) is 11.5. The van der Waals surface area contributed by atoms with Crippen molar-refractivity contribution >= 4 is 50.5 Å². The van der Waals surface area contributed by atoms with Crippen LogP contribution in [-0.4, -0.2) is 25.2 Å². The van der Waals surface area contributed by atoms with Crippen LogP contribution < -0.4 is 10.5 Å². The van der Waals surface area contributed by atoms with Gasteiger partial charge in [-0.2, -0.15) is 0 Å². The van der Waals surface area contributed by atoms with Gasteiger partial charge in [-0.05, 0) is 12.1 Å². The second-order valence-electron chi connectivity index (χ2n) is 4.49. The minimum atomic E-state index is -4.71. The third-order valence-corrected chi connectivity index (χ3v) is 5.40. The van der Waals surface area contributed by atoms with E-state index < -0.39 is 48.2 Å². The highest BCUT2D eigenvalue weighted by molar-refractivity contribution is 7.90. The highest BCUT2D eigenvalue weighted by Gasteiger charge is 2.27. The molecule has 2 amide bonds. The summed E-state index contributed by atoms with van der Waals surface area (Å²) in [7, 11) is -4.71. The van der Waals surface area contributed by atoms with Crippen LogP contribution in [0.15, 0.2) is 28.5 Å². The number of primary amides is 1. The van der Waals surface area contributed by atoms with Gasteiger partial charge in [0.15, 0.2) is 5.82 Å². The second kappa shape index (κ2) is 6.74. The van der Waals surface area contributed by atoms with E-state index in [2.05, 4.69) is 0 Å². The summed E-state index contributed by atoms with van der Waals surface area (Å²) in [5, 5.41) is 11.3. The van der Waals surface area contributed by atoms with Crippen LogP contribution >= 0.6 is 22.9 Å². The summed E-state index contributed by atoms with van der Waals surface area (Å²) in [5.41, 5.74) is 4.19. The number of nitrogens with zero attached hydrogens (tertiary/aromatic N) is 1. The first kappa shape index (κ1) is 18.8. The number of sulfonamides is 1. The minimum Gasteiger partial charge on any atom is -0.366 e. The van der Waals surface area contributed by atoms with E-state index in [-0.39, 0.29) is 10.4 Å². The Morgan fingerprint density at radius 2 is 1.96 bits per heavy atom. The van der Waals surface area contributed by atoms with Gasteiger partial charge in [0.2, 0.25) is 5.91 Å². The van der Waals surface area contributed by atoms with Gasteiger partial charge in [-0.1, -0.05) is 11.6 Å². The minimum absolute atomic E-state index is 0.00268. The number of rotatable bonds is 5. The Labute approximate surface area is 148 Å². The van der Waals surface area contributed by atoms with Crippen LogP contribution in [0.4, 0.5) is 10.1 Å². The molecule has 0 spiro atoms. The van der Waals surface area contributed by atoms with Crippen molar-refractivity contribution in [1.82, 2.24) is 4.72 Å². The normalized spacial score (nSPS) is 11.1. The van der Waals surface area contributed by atoms with Gasteiger partial charge in [0.25, 0.3) is 21.6 Å². The number of amides is 2. The summed E-state index contributed by atoms with van der Waals surface area (Å²) in [5.74, 6) is -3.40. The molecule has 13 heteroatoms. The van der Waals surface area contributed by atoms with Gasteiger partial charge in [0.1, 0.15) is 9.92 Å². The SMILES string of the molecule is NC(=O)c1csc(C(=O)NS(=O)(=O)c2cc(Cl)c([N+](=O)[O-])cc2F)c1. The predicted molar refractivity (Wildman–Crippen MR) is 85.6 cm³/mol. The summed E-state index contributed by atoms with van der Waals surface area (Å²) in [6, 6.07) is 1.92. The molecule has 0 aliphatic carbocycles. The summed E-state index contributed by atoms with van der Waals surface area (Å²) in [6.07, 6.45) is 0. The van der Waals surface area contributed by atoms with E-state index in [4.69, 9.17) is 17.3 Å². The highest BCUT2D eigenvalue weighted by atomic mass is 35.5. The number of thiophene rings is 1. The Bertz CT molecular complexity index is 1000. The molecule has 0 unspecified atom stereocenters. The van der Waals surface area contributed by atoms with Gasteiger partial charge >= 0.3 is 0 Å². The van der Waals surface area contributed by atoms with Gasteiger partial charge in [-0.25, -0.2) is 17.5 Å². The summed E-state index contributed by atoms with van der Waals surface area (Å²) < 4.78 is 39.7. The maximum absolute atomic E-state index is 13.9. The van der Waals surface area contributed by atoms with Crippen LogP contribution in [0.1, 0.15) is 20.0 Å². The van der Waals surface area contributed by atoms with Gasteiger partial charge in [0.05, 0.1) is 21.4 Å². The van der Waals surface area contributed by atoms with Crippen molar-refractivity contribution in [2.75, 3.05) is 0 Å². The zero-order chi connectivity index (χ0) is 18.9. The van der Waals surface area contributed by atoms with Crippen LogP contribution in [0.25, 0.3) is 0 Å². The smallest absolute Gasteiger partial charge is 0.290 e. The van der Waals surface area contributed by atoms with Gasteiger partial charge in [-0.3, -0.25) is 19.7 Å². The van der Waals surface area contributed by atoms with Crippen molar-refractivity contribution in [3.8, 4) is 0 Å². The monoisotopic (exact) mass is 407 g/mol. The first-order valence-electron chi connectivity index (χ1n) is 6.12. The summed E-state index contributed by atoms with van der Waals surface area (Å²) in [4.78, 5) is 31.4. The lowest BCUT2D eigenvalue weighted by molar-refractivity contribution is -0.384. The molecule has 132 valence electrons. The molecule has 3 N–H and O–H groups in total. The van der Waals surface area contributed by atoms with Crippen LogP contribution in [0.2, 0.25) is 5.02 Å². The summed E-state index contributed by atoms with van der Waals surface area (Å²) >= 11 is 6.31. The molecule has 25 heavy (non-hydrogen) atoms. The number of nitrogens with two attached hydrogens (primary N) is 1. The van der Waals surface area contributed by atoms with Crippen LogP contribution in [0.3, 0.4) is 0 Å². The molecular weight excluding hydrogens is 401 g/mol. The molecule has 2 aromatic rings. The zero-order valence-corrected chi connectivity index (χ0v) is 14.2. The molecule has 0 bridgehead atoms. The molecule has 9 nitrogen and oxygen atoms in total. The number of hydrogen-bond acceptors (Lipinski definition) is 7. The standard InChI is InChI=1S/C12H7ClFN3O6S2/c13-6-2-10(7(14)3-8(6)17(20)21)25(22,23)16-12(19)9-1-5(4-24-9)11(15)18/h1-4H,(H2,15,18)(H,16,19). The fourth-order valence-corrected chi connectivity index (χ4v) is 3.88. The number of hydrogen-bond donors (Lipinski definition) is 2. The second-order valence-corrected chi connectivity index (χ2v) is 7.46. The zero-order valence-electron chi connectivity index (χ0n) is 11.9. The lowest BCUT2D eigenvalue weighted by Gasteiger charge is -2.07.